The Hall–Kier alpha value is -2.99. The Kier molecular flexibility index (Phi) is 4.73. The number of hydrogen-bond donors (Lipinski definition) is 3. The lowest BCUT2D eigenvalue weighted by molar-refractivity contribution is 0.292. The molecule has 1 fully saturated rings. The molecule has 2 heterocycles. The van der Waals surface area contributed by atoms with Crippen LogP contribution in [0.25, 0.3) is 22.3 Å². The summed E-state index contributed by atoms with van der Waals surface area (Å²) in [5.74, 6) is 0.654. The predicted molar refractivity (Wildman–Crippen MR) is 102 cm³/mol. The first-order chi connectivity index (χ1) is 13.1. The van der Waals surface area contributed by atoms with Crippen molar-refractivity contribution in [3.63, 3.8) is 0 Å². The molecule has 0 amide bonds. The van der Waals surface area contributed by atoms with E-state index in [4.69, 9.17) is 9.15 Å². The zero-order valence-electron chi connectivity index (χ0n) is 14.8. The molecule has 0 saturated carbocycles. The Bertz CT molecular complexity index is 1000. The van der Waals surface area contributed by atoms with Crippen LogP contribution in [0.5, 0.6) is 17.2 Å². The number of phenols is 2. The average Bonchev–Trinajstić information content (AvgIpc) is 3.15. The SMILES string of the molecule is O=c1cc(-c2ccc(OCCC3CCCN3)cc2)oc2cc(O)cc(O)c12. The maximum Gasteiger partial charge on any atom is 0.197 e. The Morgan fingerprint density at radius 3 is 2.70 bits per heavy atom. The zero-order chi connectivity index (χ0) is 18.8. The molecule has 6 heteroatoms. The van der Waals surface area contributed by atoms with Crippen molar-refractivity contribution in [2.24, 2.45) is 0 Å². The van der Waals surface area contributed by atoms with Crippen molar-refractivity contribution >= 4 is 11.0 Å². The molecule has 1 atom stereocenters. The number of nitrogens with one attached hydrogen (secondary N) is 1. The van der Waals surface area contributed by atoms with Gasteiger partial charge in [-0.3, -0.25) is 4.79 Å². The van der Waals surface area contributed by atoms with E-state index in [1.807, 2.05) is 24.3 Å². The van der Waals surface area contributed by atoms with Crippen molar-refractivity contribution in [2.75, 3.05) is 13.2 Å². The van der Waals surface area contributed by atoms with Crippen molar-refractivity contribution in [3.05, 3.63) is 52.7 Å². The first-order valence-corrected chi connectivity index (χ1v) is 9.06. The minimum atomic E-state index is -0.367. The van der Waals surface area contributed by atoms with Crippen molar-refractivity contribution < 1.29 is 19.4 Å². The fraction of sp³-hybridized carbons (Fsp3) is 0.286. The zero-order valence-corrected chi connectivity index (χ0v) is 14.8. The molecule has 1 unspecified atom stereocenters. The van der Waals surface area contributed by atoms with Crippen LogP contribution in [0.15, 0.2) is 51.7 Å². The molecule has 6 nitrogen and oxygen atoms in total. The number of aromatic hydroxyl groups is 2. The van der Waals surface area contributed by atoms with E-state index in [1.165, 1.54) is 25.0 Å². The summed E-state index contributed by atoms with van der Waals surface area (Å²) in [5, 5.41) is 23.0. The highest BCUT2D eigenvalue weighted by molar-refractivity contribution is 5.86. The van der Waals surface area contributed by atoms with Gasteiger partial charge in [-0.25, -0.2) is 0 Å². The standard InChI is InChI=1S/C21H21NO5/c23-15-10-17(24)21-18(25)12-19(27-20(21)11-15)13-3-5-16(6-4-13)26-9-7-14-2-1-8-22-14/h3-6,10-12,14,22-24H,1-2,7-9H2. The van der Waals surface area contributed by atoms with E-state index >= 15 is 0 Å². The first kappa shape index (κ1) is 17.4. The van der Waals surface area contributed by atoms with Crippen LogP contribution in [0.2, 0.25) is 0 Å². The topological polar surface area (TPSA) is 91.9 Å². The number of fused-ring (bicyclic) bond motifs is 1. The van der Waals surface area contributed by atoms with Gasteiger partial charge in [0.25, 0.3) is 0 Å². The number of phenolic OH excluding ortho intramolecular Hbond substituents is 2. The third-order valence-electron chi connectivity index (χ3n) is 4.83. The molecule has 0 bridgehead atoms. The third kappa shape index (κ3) is 3.75. The molecule has 4 rings (SSSR count). The van der Waals surface area contributed by atoms with Crippen LogP contribution in [0, 0.1) is 0 Å². The molecule has 0 spiro atoms. The predicted octanol–water partition coefficient (Wildman–Crippen LogP) is 3.39. The molecule has 0 aliphatic carbocycles. The molecule has 1 aliphatic heterocycles. The minimum absolute atomic E-state index is 0.0528. The molecule has 3 N–H and O–H groups in total. The average molecular weight is 367 g/mol. The molecule has 1 aromatic heterocycles. The van der Waals surface area contributed by atoms with Crippen molar-refractivity contribution in [2.45, 2.75) is 25.3 Å². The first-order valence-electron chi connectivity index (χ1n) is 9.06. The minimum Gasteiger partial charge on any atom is -0.508 e. The Morgan fingerprint density at radius 2 is 1.96 bits per heavy atom. The highest BCUT2D eigenvalue weighted by atomic mass is 16.5. The van der Waals surface area contributed by atoms with Crippen LogP contribution >= 0.6 is 0 Å². The Balaban J connectivity index is 1.52. The van der Waals surface area contributed by atoms with E-state index < -0.39 is 0 Å². The normalized spacial score (nSPS) is 16.7. The molecule has 3 aromatic rings. The monoisotopic (exact) mass is 367 g/mol. The van der Waals surface area contributed by atoms with Gasteiger partial charge in [0, 0.05) is 29.8 Å². The van der Waals surface area contributed by atoms with Gasteiger partial charge in [0.15, 0.2) is 5.43 Å². The van der Waals surface area contributed by atoms with Gasteiger partial charge in [-0.1, -0.05) is 0 Å². The fourth-order valence-corrected chi connectivity index (χ4v) is 3.43. The summed E-state index contributed by atoms with van der Waals surface area (Å²) in [6.45, 7) is 1.74. The van der Waals surface area contributed by atoms with Crippen LogP contribution in [0.1, 0.15) is 19.3 Å². The van der Waals surface area contributed by atoms with Gasteiger partial charge >= 0.3 is 0 Å². The largest absolute Gasteiger partial charge is 0.508 e. The lowest BCUT2D eigenvalue weighted by Gasteiger charge is -2.11. The van der Waals surface area contributed by atoms with Crippen molar-refractivity contribution in [1.29, 1.82) is 0 Å². The molecule has 2 aromatic carbocycles. The summed E-state index contributed by atoms with van der Waals surface area (Å²) >= 11 is 0. The summed E-state index contributed by atoms with van der Waals surface area (Å²) in [6, 6.07) is 11.6. The fourth-order valence-electron chi connectivity index (χ4n) is 3.43. The quantitative estimate of drug-likeness (QED) is 0.640. The lowest BCUT2D eigenvalue weighted by Crippen LogP contribution is -2.23. The number of ether oxygens (including phenoxy) is 1. The van der Waals surface area contributed by atoms with Gasteiger partial charge in [-0.2, -0.15) is 0 Å². The van der Waals surface area contributed by atoms with Crippen LogP contribution < -0.4 is 15.5 Å². The molecule has 140 valence electrons. The van der Waals surface area contributed by atoms with Gasteiger partial charge in [-0.05, 0) is 50.1 Å². The number of benzene rings is 2. The van der Waals surface area contributed by atoms with Gasteiger partial charge < -0.3 is 24.7 Å². The van der Waals surface area contributed by atoms with Crippen LogP contribution in [0.4, 0.5) is 0 Å². The molecule has 27 heavy (non-hydrogen) atoms. The molecular formula is C21H21NO5. The molecule has 0 radical (unpaired) electrons. The van der Waals surface area contributed by atoms with Crippen LogP contribution in [0.3, 0.4) is 0 Å². The van der Waals surface area contributed by atoms with E-state index in [0.717, 1.165) is 24.8 Å². The Labute approximate surface area is 156 Å². The molecule has 1 aliphatic rings. The van der Waals surface area contributed by atoms with E-state index in [0.29, 0.717) is 24.0 Å². The maximum atomic E-state index is 12.3. The smallest absolute Gasteiger partial charge is 0.197 e. The summed E-state index contributed by atoms with van der Waals surface area (Å²) in [5.41, 5.74) is 0.481. The van der Waals surface area contributed by atoms with E-state index in [2.05, 4.69) is 5.32 Å². The van der Waals surface area contributed by atoms with Crippen molar-refractivity contribution in [3.8, 4) is 28.6 Å². The van der Waals surface area contributed by atoms with Gasteiger partial charge in [0.1, 0.15) is 34.0 Å². The lowest BCUT2D eigenvalue weighted by atomic mass is 10.1. The summed E-state index contributed by atoms with van der Waals surface area (Å²) in [7, 11) is 0. The van der Waals surface area contributed by atoms with Crippen molar-refractivity contribution in [1.82, 2.24) is 5.32 Å². The van der Waals surface area contributed by atoms with E-state index in [-0.39, 0.29) is 27.9 Å². The highest BCUT2D eigenvalue weighted by Crippen LogP contribution is 2.31. The summed E-state index contributed by atoms with van der Waals surface area (Å²) in [6.07, 6.45) is 3.41. The Morgan fingerprint density at radius 1 is 1.15 bits per heavy atom. The van der Waals surface area contributed by atoms with Gasteiger partial charge in [0.2, 0.25) is 0 Å². The second kappa shape index (κ2) is 7.32. The maximum absolute atomic E-state index is 12.3. The van der Waals surface area contributed by atoms with Gasteiger partial charge in [-0.15, -0.1) is 0 Å². The van der Waals surface area contributed by atoms with E-state index in [1.54, 1.807) is 0 Å². The summed E-state index contributed by atoms with van der Waals surface area (Å²) < 4.78 is 11.5. The van der Waals surface area contributed by atoms with E-state index in [9.17, 15) is 15.0 Å². The van der Waals surface area contributed by atoms with Gasteiger partial charge in [0.05, 0.1) is 6.61 Å². The molecular weight excluding hydrogens is 346 g/mol. The number of hydrogen-bond acceptors (Lipinski definition) is 6. The van der Waals surface area contributed by atoms with Crippen LogP contribution in [-0.4, -0.2) is 29.4 Å². The molecule has 1 saturated heterocycles. The number of rotatable bonds is 5. The summed E-state index contributed by atoms with van der Waals surface area (Å²) in [4.78, 5) is 12.3. The second-order valence-electron chi connectivity index (χ2n) is 6.77. The second-order valence-corrected chi connectivity index (χ2v) is 6.77. The van der Waals surface area contributed by atoms with Crippen LogP contribution in [-0.2, 0) is 0 Å². The highest BCUT2D eigenvalue weighted by Gasteiger charge is 2.14. The third-order valence-corrected chi connectivity index (χ3v) is 4.83.